The number of rotatable bonds is 6. The molecule has 0 atom stereocenters. The Hall–Kier alpha value is -4.65. The number of hydrogen-bond acceptors (Lipinski definition) is 5. The van der Waals surface area contributed by atoms with Gasteiger partial charge in [0.1, 0.15) is 0 Å². The van der Waals surface area contributed by atoms with Crippen LogP contribution in [0, 0.1) is 0 Å². The van der Waals surface area contributed by atoms with Crippen LogP contribution >= 0.6 is 0 Å². The number of carbonyl (C=O) groups is 2. The van der Waals surface area contributed by atoms with Crippen LogP contribution in [-0.4, -0.2) is 35.7 Å². The van der Waals surface area contributed by atoms with Crippen molar-refractivity contribution in [3.63, 3.8) is 0 Å². The molecule has 7 heteroatoms. The average molecular weight is 466 g/mol. The maximum absolute atomic E-state index is 12.8. The number of aliphatic carboxylic acids is 1. The fourth-order valence-electron chi connectivity index (χ4n) is 4.24. The van der Waals surface area contributed by atoms with Gasteiger partial charge in [0.2, 0.25) is 5.91 Å². The first-order valence-corrected chi connectivity index (χ1v) is 11.0. The number of anilines is 1. The van der Waals surface area contributed by atoms with Gasteiger partial charge in [0.25, 0.3) is 0 Å². The molecule has 0 unspecified atom stereocenters. The third-order valence-corrected chi connectivity index (χ3v) is 5.81. The van der Waals surface area contributed by atoms with Crippen molar-refractivity contribution in [3.05, 3.63) is 84.4 Å². The van der Waals surface area contributed by atoms with Gasteiger partial charge in [0.05, 0.1) is 30.6 Å². The van der Waals surface area contributed by atoms with E-state index in [0.717, 1.165) is 44.9 Å². The third kappa shape index (κ3) is 4.44. The largest absolute Gasteiger partial charge is 0.493 e. The molecule has 1 aliphatic heterocycles. The number of benzene rings is 3. The summed E-state index contributed by atoms with van der Waals surface area (Å²) in [5, 5.41) is 12.0. The normalized spacial score (nSPS) is 12.1. The molecule has 1 amide bonds. The number of para-hydroxylation sites is 1. The Labute approximate surface area is 202 Å². The smallest absolute Gasteiger partial charge is 0.341 e. The van der Waals surface area contributed by atoms with Crippen molar-refractivity contribution in [2.45, 2.75) is 6.42 Å². The van der Waals surface area contributed by atoms with Crippen LogP contribution in [0.3, 0.4) is 0 Å². The van der Waals surface area contributed by atoms with E-state index in [1.165, 1.54) is 7.11 Å². The van der Waals surface area contributed by atoms with Crippen LogP contribution in [0.1, 0.15) is 5.56 Å². The predicted octanol–water partition coefficient (Wildman–Crippen LogP) is 5.05. The lowest BCUT2D eigenvalue weighted by Crippen LogP contribution is -2.13. The number of methoxy groups -OCH3 is 1. The number of amides is 1. The van der Waals surface area contributed by atoms with Crippen molar-refractivity contribution in [1.29, 1.82) is 0 Å². The van der Waals surface area contributed by atoms with Gasteiger partial charge in [0.15, 0.2) is 18.1 Å². The Kier molecular flexibility index (Phi) is 5.89. The number of hydrogen-bond donors (Lipinski definition) is 2. The number of nitrogens with one attached hydrogen (secondary N) is 1. The molecule has 0 spiro atoms. The van der Waals surface area contributed by atoms with E-state index in [1.54, 1.807) is 12.1 Å². The van der Waals surface area contributed by atoms with Crippen LogP contribution in [0.15, 0.2) is 78.9 Å². The number of aromatic nitrogens is 1. The zero-order valence-corrected chi connectivity index (χ0v) is 18.9. The Balaban J connectivity index is 1.74. The summed E-state index contributed by atoms with van der Waals surface area (Å²) in [5.74, 6) is -0.480. The molecule has 0 radical (unpaired) electrons. The Morgan fingerprint density at radius 1 is 0.943 bits per heavy atom. The van der Waals surface area contributed by atoms with E-state index < -0.39 is 12.6 Å². The van der Waals surface area contributed by atoms with Crippen LogP contribution in [0.5, 0.6) is 11.5 Å². The number of ether oxygens (including phenoxy) is 2. The number of carboxylic acids is 1. The van der Waals surface area contributed by atoms with Gasteiger partial charge in [-0.25, -0.2) is 9.78 Å². The van der Waals surface area contributed by atoms with E-state index in [1.807, 2.05) is 66.7 Å². The number of carboxylic acid groups (broad SMARTS) is 1. The van der Waals surface area contributed by atoms with Gasteiger partial charge in [-0.1, -0.05) is 54.6 Å². The molecule has 174 valence electrons. The van der Waals surface area contributed by atoms with E-state index in [4.69, 9.17) is 19.6 Å². The van der Waals surface area contributed by atoms with Crippen LogP contribution in [0.4, 0.5) is 5.69 Å². The molecule has 1 aromatic heterocycles. The zero-order valence-electron chi connectivity index (χ0n) is 18.9. The van der Waals surface area contributed by atoms with Crippen LogP contribution in [0.2, 0.25) is 0 Å². The van der Waals surface area contributed by atoms with Gasteiger partial charge < -0.3 is 19.9 Å². The van der Waals surface area contributed by atoms with Crippen LogP contribution in [-0.2, 0) is 16.0 Å². The van der Waals surface area contributed by atoms with Crippen LogP contribution < -0.4 is 14.8 Å². The van der Waals surface area contributed by atoms with Crippen molar-refractivity contribution in [3.8, 4) is 45.1 Å². The fourth-order valence-corrected chi connectivity index (χ4v) is 4.24. The maximum Gasteiger partial charge on any atom is 0.341 e. The number of fused-ring (bicyclic) bond motifs is 3. The topological polar surface area (TPSA) is 97.8 Å². The first-order chi connectivity index (χ1) is 17.0. The molecule has 0 aliphatic carbocycles. The highest BCUT2D eigenvalue weighted by molar-refractivity contribution is 6.02. The van der Waals surface area contributed by atoms with Gasteiger partial charge in [-0.15, -0.1) is 0 Å². The summed E-state index contributed by atoms with van der Waals surface area (Å²) in [4.78, 5) is 28.8. The number of nitrogens with zero attached hydrogens (tertiary/aromatic N) is 1. The molecular formula is C28H22N2O5. The van der Waals surface area contributed by atoms with E-state index in [0.29, 0.717) is 11.5 Å². The second kappa shape index (κ2) is 9.30. The summed E-state index contributed by atoms with van der Waals surface area (Å²) in [6.45, 7) is -0.477. The minimum Gasteiger partial charge on any atom is -0.493 e. The summed E-state index contributed by atoms with van der Waals surface area (Å²) in [7, 11) is 1.50. The molecule has 7 nitrogen and oxygen atoms in total. The first kappa shape index (κ1) is 22.2. The van der Waals surface area contributed by atoms with Crippen molar-refractivity contribution in [2.24, 2.45) is 0 Å². The van der Waals surface area contributed by atoms with E-state index in [9.17, 15) is 9.59 Å². The summed E-state index contributed by atoms with van der Waals surface area (Å²) in [6.07, 6.45) is 0.154. The third-order valence-electron chi connectivity index (χ3n) is 5.81. The molecule has 1 aliphatic rings. The Bertz CT molecular complexity index is 1430. The van der Waals surface area contributed by atoms with Gasteiger partial charge in [-0.05, 0) is 41.0 Å². The fraction of sp³-hybridized carbons (Fsp3) is 0.107. The lowest BCUT2D eigenvalue weighted by Gasteiger charge is -2.17. The van der Waals surface area contributed by atoms with Gasteiger partial charge >= 0.3 is 5.97 Å². The number of carbonyl (C=O) groups excluding carboxylic acids is 1. The van der Waals surface area contributed by atoms with Crippen molar-refractivity contribution < 1.29 is 24.2 Å². The minimum atomic E-state index is -1.08. The molecule has 2 N–H and O–H groups in total. The predicted molar refractivity (Wildman–Crippen MR) is 133 cm³/mol. The highest BCUT2D eigenvalue weighted by atomic mass is 16.5. The van der Waals surface area contributed by atoms with Crippen LogP contribution in [0.25, 0.3) is 33.6 Å². The monoisotopic (exact) mass is 466 g/mol. The van der Waals surface area contributed by atoms with Gasteiger partial charge in [-0.2, -0.15) is 0 Å². The van der Waals surface area contributed by atoms with Crippen molar-refractivity contribution in [1.82, 2.24) is 4.98 Å². The van der Waals surface area contributed by atoms with E-state index >= 15 is 0 Å². The molecule has 0 fully saturated rings. The lowest BCUT2D eigenvalue weighted by atomic mass is 9.92. The molecular weight excluding hydrogens is 444 g/mol. The highest BCUT2D eigenvalue weighted by Gasteiger charge is 2.25. The average Bonchev–Trinajstić information content (AvgIpc) is 3.02. The Morgan fingerprint density at radius 3 is 2.49 bits per heavy atom. The number of pyridine rings is 1. The highest BCUT2D eigenvalue weighted by Crippen LogP contribution is 2.41. The minimum absolute atomic E-state index is 0.125. The molecule has 5 rings (SSSR count). The van der Waals surface area contributed by atoms with Gasteiger partial charge in [-0.3, -0.25) is 4.79 Å². The van der Waals surface area contributed by atoms with E-state index in [2.05, 4.69) is 5.32 Å². The van der Waals surface area contributed by atoms with Gasteiger partial charge in [0, 0.05) is 11.1 Å². The maximum atomic E-state index is 12.8. The molecule has 0 saturated carbocycles. The Morgan fingerprint density at radius 2 is 1.71 bits per heavy atom. The second-order valence-electron chi connectivity index (χ2n) is 8.07. The standard InChI is InChI=1S/C28H22N2O5/c1-34-25-13-18(11-12-24(25)35-16-27(32)33)20-14-23(17-7-3-2-4-8-17)30-28-19-9-5-6-10-22(19)29-26(31)15-21(20)28/h2-14H,15-16H2,1H3,(H,29,31)(H,32,33). The molecule has 0 saturated heterocycles. The molecule has 0 bridgehead atoms. The summed E-state index contributed by atoms with van der Waals surface area (Å²) >= 11 is 0. The molecule has 3 aromatic carbocycles. The lowest BCUT2D eigenvalue weighted by molar-refractivity contribution is -0.139. The van der Waals surface area contributed by atoms with E-state index in [-0.39, 0.29) is 12.3 Å². The zero-order chi connectivity index (χ0) is 24.4. The van der Waals surface area contributed by atoms with Crippen molar-refractivity contribution >= 4 is 17.6 Å². The summed E-state index contributed by atoms with van der Waals surface area (Å²) in [5.41, 5.74) is 6.46. The molecule has 2 heterocycles. The first-order valence-electron chi connectivity index (χ1n) is 11.0. The quantitative estimate of drug-likeness (QED) is 0.413. The molecule has 35 heavy (non-hydrogen) atoms. The summed E-state index contributed by atoms with van der Waals surface area (Å²) < 4.78 is 10.9. The second-order valence-corrected chi connectivity index (χ2v) is 8.07. The summed E-state index contributed by atoms with van der Waals surface area (Å²) in [6, 6.07) is 24.8. The SMILES string of the molecule is COc1cc(-c2cc(-c3ccccc3)nc3c2CC(=O)Nc2ccccc2-3)ccc1OCC(=O)O. The molecule has 4 aromatic rings. The van der Waals surface area contributed by atoms with Crippen molar-refractivity contribution in [2.75, 3.05) is 19.0 Å².